The van der Waals surface area contributed by atoms with Crippen LogP contribution in [-0.2, 0) is 0 Å². The highest BCUT2D eigenvalue weighted by Crippen LogP contribution is 2.26. The highest BCUT2D eigenvalue weighted by molar-refractivity contribution is 6.44. The van der Waals surface area contributed by atoms with E-state index in [4.69, 9.17) is 0 Å². The lowest BCUT2D eigenvalue weighted by atomic mass is 10.0. The van der Waals surface area contributed by atoms with Crippen molar-refractivity contribution >= 4 is 9.46 Å². The van der Waals surface area contributed by atoms with E-state index in [1.807, 2.05) is 38.1 Å². The van der Waals surface area contributed by atoms with E-state index in [0.717, 1.165) is 11.1 Å². The monoisotopic (exact) mass is 200 g/mol. The molecule has 0 saturated carbocycles. The molecule has 0 aliphatic heterocycles. The van der Waals surface area contributed by atoms with Crippen molar-refractivity contribution in [2.45, 2.75) is 25.8 Å². The molecule has 0 radical (unpaired) electrons. The first-order valence-corrected chi connectivity index (χ1v) is 6.04. The summed E-state index contributed by atoms with van der Waals surface area (Å²) in [7, 11) is -3.54. The second-order valence-corrected chi connectivity index (χ2v) is 4.68. The molecule has 1 atom stereocenters. The number of benzene rings is 1. The van der Waals surface area contributed by atoms with Gasteiger partial charge >= 0.3 is 9.46 Å². The molecule has 3 heteroatoms. The Kier molecular flexibility index (Phi) is 3.60. The number of hydrogen-bond acceptors (Lipinski definition) is 0. The van der Waals surface area contributed by atoms with E-state index < -0.39 is 15.0 Å². The molecule has 0 spiro atoms. The van der Waals surface area contributed by atoms with E-state index in [2.05, 4.69) is 0 Å². The van der Waals surface area contributed by atoms with Crippen LogP contribution in [0.4, 0.5) is 8.22 Å². The van der Waals surface area contributed by atoms with Crippen molar-refractivity contribution in [1.29, 1.82) is 0 Å². The Labute approximate surface area is 79.5 Å². The maximum Gasteiger partial charge on any atom is 0.418 e. The predicted octanol–water partition coefficient (Wildman–Crippen LogP) is 3.19. The summed E-state index contributed by atoms with van der Waals surface area (Å²) in [5.74, 6) is 0. The Morgan fingerprint density at radius 3 is 2.38 bits per heavy atom. The minimum absolute atomic E-state index is 0.471. The van der Waals surface area contributed by atoms with E-state index in [-0.39, 0.29) is 0 Å². The maximum atomic E-state index is 12.7. The summed E-state index contributed by atoms with van der Waals surface area (Å²) in [5.41, 5.74) is 1.36. The van der Waals surface area contributed by atoms with Gasteiger partial charge < -0.3 is 0 Å². The third kappa shape index (κ3) is 2.37. The number of rotatable bonds is 3. The van der Waals surface area contributed by atoms with Crippen LogP contribution in [0.25, 0.3) is 0 Å². The van der Waals surface area contributed by atoms with Crippen LogP contribution >= 0.6 is 0 Å². The first-order valence-electron chi connectivity index (χ1n) is 4.50. The van der Waals surface area contributed by atoms with Gasteiger partial charge in [-0.05, 0) is 24.5 Å². The predicted molar refractivity (Wildman–Crippen MR) is 53.6 cm³/mol. The molecule has 1 rings (SSSR count). The van der Waals surface area contributed by atoms with Crippen LogP contribution in [0.2, 0.25) is 0 Å². The molecular weight excluding hydrogens is 186 g/mol. The van der Waals surface area contributed by atoms with Gasteiger partial charge in [0, 0.05) is 5.54 Å². The average Bonchev–Trinajstić information content (AvgIpc) is 2.09. The Hall–Kier alpha value is -0.703. The molecule has 13 heavy (non-hydrogen) atoms. The minimum atomic E-state index is -3.54. The van der Waals surface area contributed by atoms with Crippen LogP contribution < -0.4 is 0 Å². The zero-order valence-electron chi connectivity index (χ0n) is 7.93. The fourth-order valence-corrected chi connectivity index (χ4v) is 2.54. The second-order valence-electron chi connectivity index (χ2n) is 3.21. The van der Waals surface area contributed by atoms with Gasteiger partial charge in [-0.3, -0.25) is 8.22 Å². The quantitative estimate of drug-likeness (QED) is 0.519. The van der Waals surface area contributed by atoms with Gasteiger partial charge in [-0.2, -0.15) is 0 Å². The van der Waals surface area contributed by atoms with Crippen molar-refractivity contribution in [3.8, 4) is 0 Å². The lowest BCUT2D eigenvalue weighted by molar-refractivity contribution is 0.602. The van der Waals surface area contributed by atoms with Crippen LogP contribution in [0.15, 0.2) is 24.3 Å². The van der Waals surface area contributed by atoms with Crippen LogP contribution in [-0.4, -0.2) is 9.46 Å². The van der Waals surface area contributed by atoms with E-state index >= 15 is 0 Å². The largest absolute Gasteiger partial charge is 0.418 e. The molecule has 0 nitrogen and oxygen atoms in total. The first kappa shape index (κ1) is 10.4. The average molecular weight is 200 g/mol. The molecule has 1 aromatic carbocycles. The summed E-state index contributed by atoms with van der Waals surface area (Å²) in [5, 5.41) is 0. The van der Waals surface area contributed by atoms with Gasteiger partial charge in [-0.1, -0.05) is 31.2 Å². The van der Waals surface area contributed by atoms with Crippen molar-refractivity contribution in [2.75, 3.05) is 0 Å². The molecule has 0 bridgehead atoms. The maximum absolute atomic E-state index is 12.7. The summed E-state index contributed by atoms with van der Waals surface area (Å²) in [4.78, 5) is 0. The molecule has 0 aliphatic rings. The van der Waals surface area contributed by atoms with Crippen molar-refractivity contribution < 1.29 is 8.22 Å². The molecule has 1 aromatic rings. The second kappa shape index (κ2) is 4.51. The Morgan fingerprint density at radius 2 is 1.92 bits per heavy atom. The zero-order valence-corrected chi connectivity index (χ0v) is 9.08. The fourth-order valence-electron chi connectivity index (χ4n) is 1.54. The first-order chi connectivity index (χ1) is 6.16. The van der Waals surface area contributed by atoms with E-state index in [1.165, 1.54) is 0 Å². The van der Waals surface area contributed by atoms with Crippen molar-refractivity contribution in [2.24, 2.45) is 0 Å². The topological polar surface area (TPSA) is 0 Å². The van der Waals surface area contributed by atoms with Gasteiger partial charge in [0.1, 0.15) is 0 Å². The molecule has 0 heterocycles. The standard InChI is InChI=1S/C10H14F2Si/c1-3-10(13(11)12)9-7-5-4-6-8(9)2/h4-7,10,13H,3H2,1-2H3. The lowest BCUT2D eigenvalue weighted by Crippen LogP contribution is -2.14. The molecule has 0 aromatic heterocycles. The Balaban J connectivity index is 2.97. The van der Waals surface area contributed by atoms with Crippen LogP contribution in [0, 0.1) is 6.92 Å². The molecule has 72 valence electrons. The molecule has 0 saturated heterocycles. The van der Waals surface area contributed by atoms with Gasteiger partial charge in [0.05, 0.1) is 0 Å². The minimum Gasteiger partial charge on any atom is -0.274 e. The SMILES string of the molecule is CCC(c1ccccc1C)[SiH](F)F. The highest BCUT2D eigenvalue weighted by Gasteiger charge is 2.24. The van der Waals surface area contributed by atoms with Gasteiger partial charge in [0.2, 0.25) is 0 Å². The summed E-state index contributed by atoms with van der Waals surface area (Å²) in [6.07, 6.45) is 0.550. The van der Waals surface area contributed by atoms with Crippen molar-refractivity contribution in [3.05, 3.63) is 35.4 Å². The summed E-state index contributed by atoms with van der Waals surface area (Å²) in [6, 6.07) is 7.44. The molecule has 0 N–H and O–H groups in total. The molecule has 0 aliphatic carbocycles. The molecular formula is C10H14F2Si. The summed E-state index contributed by atoms with van der Waals surface area (Å²) < 4.78 is 25.4. The highest BCUT2D eigenvalue weighted by atomic mass is 28.4. The van der Waals surface area contributed by atoms with Gasteiger partial charge in [0.15, 0.2) is 0 Å². The number of aryl methyl sites for hydroxylation is 1. The number of hydrogen-bond donors (Lipinski definition) is 0. The van der Waals surface area contributed by atoms with Gasteiger partial charge in [0.25, 0.3) is 0 Å². The smallest absolute Gasteiger partial charge is 0.274 e. The van der Waals surface area contributed by atoms with Crippen LogP contribution in [0.3, 0.4) is 0 Å². The third-order valence-corrected chi connectivity index (χ3v) is 3.77. The summed E-state index contributed by atoms with van der Waals surface area (Å²) >= 11 is 0. The normalized spacial score (nSPS) is 13.3. The van der Waals surface area contributed by atoms with Crippen molar-refractivity contribution in [3.63, 3.8) is 0 Å². The Bertz CT molecular complexity index is 273. The summed E-state index contributed by atoms with van der Waals surface area (Å²) in [6.45, 7) is 3.73. The van der Waals surface area contributed by atoms with Crippen molar-refractivity contribution in [1.82, 2.24) is 0 Å². The molecule has 0 amide bonds. The van der Waals surface area contributed by atoms with Crippen LogP contribution in [0.5, 0.6) is 0 Å². The number of halogens is 2. The zero-order chi connectivity index (χ0) is 9.84. The molecule has 1 unspecified atom stereocenters. The lowest BCUT2D eigenvalue weighted by Gasteiger charge is -2.14. The van der Waals surface area contributed by atoms with Gasteiger partial charge in [-0.15, -0.1) is 0 Å². The van der Waals surface area contributed by atoms with Gasteiger partial charge in [-0.25, -0.2) is 0 Å². The third-order valence-electron chi connectivity index (χ3n) is 2.33. The van der Waals surface area contributed by atoms with E-state index in [9.17, 15) is 8.22 Å². The fraction of sp³-hybridized carbons (Fsp3) is 0.400. The Morgan fingerprint density at radius 1 is 1.31 bits per heavy atom. The van der Waals surface area contributed by atoms with E-state index in [1.54, 1.807) is 0 Å². The van der Waals surface area contributed by atoms with Crippen LogP contribution in [0.1, 0.15) is 30.0 Å². The van der Waals surface area contributed by atoms with E-state index in [0.29, 0.717) is 6.42 Å². The molecule has 0 fully saturated rings.